The molecule has 0 atom stereocenters. The van der Waals surface area contributed by atoms with Crippen molar-refractivity contribution < 1.29 is 24.0 Å². The number of benzene rings is 1. The minimum atomic E-state index is -1.09. The number of nitro benzene ring substituents is 1. The lowest BCUT2D eigenvalue weighted by molar-refractivity contribution is -0.384. The van der Waals surface area contributed by atoms with Crippen LogP contribution < -0.4 is 5.56 Å². The lowest BCUT2D eigenvalue weighted by atomic mass is 10.1. The average molecular weight is 310 g/mol. The molecule has 1 N–H and O–H groups in total. The van der Waals surface area contributed by atoms with Gasteiger partial charge in [0.15, 0.2) is 11.4 Å². The molecule has 0 bridgehead atoms. The predicted molar refractivity (Wildman–Crippen MR) is 73.4 cm³/mol. The highest BCUT2D eigenvalue weighted by molar-refractivity contribution is 6.00. The third-order valence-corrected chi connectivity index (χ3v) is 3.08. The quantitative estimate of drug-likeness (QED) is 0.522. The van der Waals surface area contributed by atoms with Crippen molar-refractivity contribution in [1.82, 2.24) is 4.57 Å². The van der Waals surface area contributed by atoms with Crippen molar-refractivity contribution in [2.75, 3.05) is 6.61 Å². The monoisotopic (exact) mass is 310 g/mol. The van der Waals surface area contributed by atoms with Crippen LogP contribution in [0.1, 0.15) is 17.3 Å². The molecule has 0 aliphatic carbocycles. The second-order valence-electron chi connectivity index (χ2n) is 4.39. The molecule has 1 aromatic heterocycles. The number of rotatable bonds is 3. The Morgan fingerprint density at radius 2 is 2.14 bits per heavy atom. The van der Waals surface area contributed by atoms with Gasteiger partial charge in [0.05, 0.1) is 28.5 Å². The summed E-state index contributed by atoms with van der Waals surface area (Å²) in [6.07, 6.45) is 0. The van der Waals surface area contributed by atoms with Gasteiger partial charge in [0, 0.05) is 13.1 Å². The van der Waals surface area contributed by atoms with E-state index in [9.17, 15) is 29.2 Å². The van der Waals surface area contributed by atoms with Gasteiger partial charge in [0.1, 0.15) is 5.75 Å². The molecule has 8 nitrogen and oxygen atoms in total. The van der Waals surface area contributed by atoms with Crippen molar-refractivity contribution in [1.29, 1.82) is 0 Å². The second-order valence-corrected chi connectivity index (χ2v) is 4.39. The fourth-order valence-corrected chi connectivity index (χ4v) is 2.10. The zero-order valence-corrected chi connectivity index (χ0v) is 11.6. The van der Waals surface area contributed by atoms with E-state index in [0.717, 1.165) is 10.6 Å². The summed E-state index contributed by atoms with van der Waals surface area (Å²) >= 11 is 0. The van der Waals surface area contributed by atoms with E-state index in [2.05, 4.69) is 4.74 Å². The zero-order chi connectivity index (χ0) is 16.6. The molecule has 0 fully saturated rings. The number of fused-ring (bicyclic) bond motifs is 1. The predicted octanol–water partition coefficient (Wildman–Crippen LogP) is 1.47. The van der Waals surface area contributed by atoms with Gasteiger partial charge in [0.25, 0.3) is 11.2 Å². The molecule has 0 radical (unpaired) electrons. The molecule has 1 heterocycles. The molecular formula is C13H11FN2O6. The highest BCUT2D eigenvalue weighted by atomic mass is 19.1. The molecule has 9 heteroatoms. The minimum Gasteiger partial charge on any atom is -0.506 e. The zero-order valence-electron chi connectivity index (χ0n) is 11.6. The fourth-order valence-electron chi connectivity index (χ4n) is 2.10. The van der Waals surface area contributed by atoms with Crippen molar-refractivity contribution in [3.8, 4) is 5.75 Å². The topological polar surface area (TPSA) is 112 Å². The van der Waals surface area contributed by atoms with Crippen LogP contribution in [0.2, 0.25) is 0 Å². The average Bonchev–Trinajstić information content (AvgIpc) is 2.44. The largest absolute Gasteiger partial charge is 0.506 e. The first-order chi connectivity index (χ1) is 10.3. The van der Waals surface area contributed by atoms with E-state index in [1.54, 1.807) is 0 Å². The van der Waals surface area contributed by atoms with Crippen LogP contribution >= 0.6 is 0 Å². The molecule has 1 aromatic carbocycles. The normalized spacial score (nSPS) is 10.7. The van der Waals surface area contributed by atoms with Crippen LogP contribution in [0.3, 0.4) is 0 Å². The first-order valence-corrected chi connectivity index (χ1v) is 6.16. The van der Waals surface area contributed by atoms with E-state index in [1.807, 2.05) is 0 Å². The summed E-state index contributed by atoms with van der Waals surface area (Å²) in [6, 6.07) is 1.52. The number of nitro groups is 1. The number of pyridine rings is 1. The van der Waals surface area contributed by atoms with E-state index in [1.165, 1.54) is 14.0 Å². The van der Waals surface area contributed by atoms with Gasteiger partial charge in [-0.3, -0.25) is 14.9 Å². The minimum absolute atomic E-state index is 0.0389. The lowest BCUT2D eigenvalue weighted by Gasteiger charge is -2.11. The summed E-state index contributed by atoms with van der Waals surface area (Å²) in [6.45, 7) is 1.47. The SMILES string of the molecule is CCOC(=O)c1c(O)c2cc([N+](=O)[O-])cc(F)c2n(C)c1=O. The Kier molecular flexibility index (Phi) is 3.81. The van der Waals surface area contributed by atoms with E-state index >= 15 is 0 Å². The number of hydrogen-bond acceptors (Lipinski definition) is 6. The molecule has 2 aromatic rings. The van der Waals surface area contributed by atoms with E-state index in [4.69, 9.17) is 0 Å². The van der Waals surface area contributed by atoms with Crippen LogP contribution in [0.15, 0.2) is 16.9 Å². The summed E-state index contributed by atoms with van der Waals surface area (Å²) in [5.41, 5.74) is -2.62. The Morgan fingerprint density at radius 3 is 2.68 bits per heavy atom. The number of carbonyl (C=O) groups excluding carboxylic acids is 1. The van der Waals surface area contributed by atoms with Crippen LogP contribution in [0.25, 0.3) is 10.9 Å². The smallest absolute Gasteiger partial charge is 0.347 e. The fraction of sp³-hybridized carbons (Fsp3) is 0.231. The van der Waals surface area contributed by atoms with Crippen molar-refractivity contribution in [3.63, 3.8) is 0 Å². The number of carbonyl (C=O) groups is 1. The first-order valence-electron chi connectivity index (χ1n) is 6.16. The number of ether oxygens (including phenoxy) is 1. The Balaban J connectivity index is 2.94. The Morgan fingerprint density at radius 1 is 1.50 bits per heavy atom. The van der Waals surface area contributed by atoms with E-state index < -0.39 is 39.3 Å². The highest BCUT2D eigenvalue weighted by Crippen LogP contribution is 2.31. The number of esters is 1. The van der Waals surface area contributed by atoms with Gasteiger partial charge < -0.3 is 14.4 Å². The molecule has 2 rings (SSSR count). The third-order valence-electron chi connectivity index (χ3n) is 3.08. The maximum Gasteiger partial charge on any atom is 0.347 e. The molecule has 0 spiro atoms. The van der Waals surface area contributed by atoms with Gasteiger partial charge in [-0.05, 0) is 6.92 Å². The van der Waals surface area contributed by atoms with Crippen molar-refractivity contribution in [2.24, 2.45) is 7.05 Å². The standard InChI is InChI=1S/C13H11FN2O6/c1-3-22-13(19)9-11(17)7-4-6(16(20)21)5-8(14)10(7)15(2)12(9)18/h4-5,17H,3H2,1-2H3. The summed E-state index contributed by atoms with van der Waals surface area (Å²) < 4.78 is 19.5. The first kappa shape index (κ1) is 15.4. The molecule has 0 aliphatic heterocycles. The number of hydrogen-bond donors (Lipinski definition) is 1. The maximum absolute atomic E-state index is 14.0. The molecule has 116 valence electrons. The van der Waals surface area contributed by atoms with Crippen LogP contribution in [-0.2, 0) is 11.8 Å². The van der Waals surface area contributed by atoms with Crippen LogP contribution in [0.5, 0.6) is 5.75 Å². The Hall–Kier alpha value is -2.97. The van der Waals surface area contributed by atoms with E-state index in [0.29, 0.717) is 6.07 Å². The lowest BCUT2D eigenvalue weighted by Crippen LogP contribution is -2.26. The molecule has 0 aliphatic rings. The number of aromatic nitrogens is 1. The number of nitrogens with zero attached hydrogens (tertiary/aromatic N) is 2. The van der Waals surface area contributed by atoms with Crippen molar-refractivity contribution in [2.45, 2.75) is 6.92 Å². The summed E-state index contributed by atoms with van der Waals surface area (Å²) in [5.74, 6) is -3.00. The molecule has 22 heavy (non-hydrogen) atoms. The van der Waals surface area contributed by atoms with E-state index in [-0.39, 0.29) is 17.5 Å². The second kappa shape index (κ2) is 5.43. The van der Waals surface area contributed by atoms with Gasteiger partial charge in [0.2, 0.25) is 0 Å². The molecule has 0 saturated heterocycles. The molecule has 0 unspecified atom stereocenters. The number of aromatic hydroxyl groups is 1. The number of halogens is 1. The van der Waals surface area contributed by atoms with Crippen LogP contribution in [0, 0.1) is 15.9 Å². The molecule has 0 saturated carbocycles. The highest BCUT2D eigenvalue weighted by Gasteiger charge is 2.25. The third kappa shape index (κ3) is 2.26. The number of aryl methyl sites for hydroxylation is 1. The van der Waals surface area contributed by atoms with Gasteiger partial charge in [-0.15, -0.1) is 0 Å². The van der Waals surface area contributed by atoms with Gasteiger partial charge in [-0.25, -0.2) is 9.18 Å². The Labute approximate surface area is 122 Å². The summed E-state index contributed by atoms with van der Waals surface area (Å²) in [4.78, 5) is 33.8. The summed E-state index contributed by atoms with van der Waals surface area (Å²) in [5, 5.41) is 20.5. The van der Waals surface area contributed by atoms with Crippen LogP contribution in [0.4, 0.5) is 10.1 Å². The summed E-state index contributed by atoms with van der Waals surface area (Å²) in [7, 11) is 1.18. The van der Waals surface area contributed by atoms with Gasteiger partial charge in [-0.1, -0.05) is 0 Å². The molecule has 0 amide bonds. The Bertz CT molecular complexity index is 858. The van der Waals surface area contributed by atoms with Gasteiger partial charge >= 0.3 is 5.97 Å². The maximum atomic E-state index is 14.0. The molecular weight excluding hydrogens is 299 g/mol. The van der Waals surface area contributed by atoms with Gasteiger partial charge in [-0.2, -0.15) is 0 Å². The number of non-ortho nitro benzene ring substituents is 1. The van der Waals surface area contributed by atoms with Crippen LogP contribution in [-0.4, -0.2) is 27.2 Å². The van der Waals surface area contributed by atoms with Crippen molar-refractivity contribution >= 4 is 22.6 Å². The van der Waals surface area contributed by atoms with Crippen molar-refractivity contribution in [3.05, 3.63) is 44.0 Å².